The SMILES string of the molecule is OC(CC1Cc2ccccc21)c1nccc2ccccc12. The molecule has 104 valence electrons. The number of nitrogens with zero attached hydrogens (tertiary/aromatic N) is 1. The molecule has 0 saturated heterocycles. The molecule has 3 aromatic rings. The van der Waals surface area contributed by atoms with Gasteiger partial charge in [0.15, 0.2) is 0 Å². The Kier molecular flexibility index (Phi) is 2.97. The number of hydrogen-bond donors (Lipinski definition) is 1. The van der Waals surface area contributed by atoms with E-state index >= 15 is 0 Å². The summed E-state index contributed by atoms with van der Waals surface area (Å²) in [5.74, 6) is 0.456. The summed E-state index contributed by atoms with van der Waals surface area (Å²) < 4.78 is 0. The molecule has 1 aliphatic rings. The lowest BCUT2D eigenvalue weighted by atomic mass is 9.74. The lowest BCUT2D eigenvalue weighted by Gasteiger charge is -2.31. The second-order valence-electron chi connectivity index (χ2n) is 5.77. The summed E-state index contributed by atoms with van der Waals surface area (Å²) in [5.41, 5.74) is 3.61. The van der Waals surface area contributed by atoms with Crippen LogP contribution in [0.3, 0.4) is 0 Å². The van der Waals surface area contributed by atoms with Gasteiger partial charge in [-0.3, -0.25) is 4.98 Å². The molecule has 21 heavy (non-hydrogen) atoms. The van der Waals surface area contributed by atoms with E-state index in [1.165, 1.54) is 11.1 Å². The van der Waals surface area contributed by atoms with Crippen molar-refractivity contribution in [2.24, 2.45) is 0 Å². The van der Waals surface area contributed by atoms with Gasteiger partial charge in [-0.2, -0.15) is 0 Å². The molecule has 1 aliphatic carbocycles. The van der Waals surface area contributed by atoms with Gasteiger partial charge in [0.05, 0.1) is 11.8 Å². The van der Waals surface area contributed by atoms with Gasteiger partial charge in [-0.15, -0.1) is 0 Å². The largest absolute Gasteiger partial charge is 0.387 e. The first kappa shape index (κ1) is 12.5. The minimum absolute atomic E-state index is 0.456. The van der Waals surface area contributed by atoms with Gasteiger partial charge in [-0.1, -0.05) is 48.5 Å². The van der Waals surface area contributed by atoms with E-state index in [-0.39, 0.29) is 0 Å². The zero-order valence-electron chi connectivity index (χ0n) is 11.7. The van der Waals surface area contributed by atoms with E-state index in [1.807, 2.05) is 24.3 Å². The van der Waals surface area contributed by atoms with Crippen molar-refractivity contribution in [1.29, 1.82) is 0 Å². The highest BCUT2D eigenvalue weighted by atomic mass is 16.3. The van der Waals surface area contributed by atoms with Gasteiger partial charge in [0, 0.05) is 11.6 Å². The third kappa shape index (κ3) is 2.12. The highest BCUT2D eigenvalue weighted by Crippen LogP contribution is 2.41. The number of aromatic nitrogens is 1. The molecule has 1 N–H and O–H groups in total. The van der Waals surface area contributed by atoms with Gasteiger partial charge in [-0.25, -0.2) is 0 Å². The molecule has 2 heteroatoms. The van der Waals surface area contributed by atoms with Crippen LogP contribution in [-0.4, -0.2) is 10.1 Å². The normalized spacial score (nSPS) is 18.0. The third-order valence-corrected chi connectivity index (χ3v) is 4.49. The first-order valence-corrected chi connectivity index (χ1v) is 7.42. The van der Waals surface area contributed by atoms with Crippen molar-refractivity contribution in [3.05, 3.63) is 77.6 Å². The molecule has 4 rings (SSSR count). The van der Waals surface area contributed by atoms with Crippen LogP contribution in [0.2, 0.25) is 0 Å². The fraction of sp³-hybridized carbons (Fsp3) is 0.211. The Labute approximate surface area is 124 Å². The molecule has 0 bridgehead atoms. The van der Waals surface area contributed by atoms with Crippen molar-refractivity contribution in [2.45, 2.75) is 24.9 Å². The summed E-state index contributed by atoms with van der Waals surface area (Å²) in [5, 5.41) is 12.8. The van der Waals surface area contributed by atoms with Crippen molar-refractivity contribution < 1.29 is 5.11 Å². The predicted molar refractivity (Wildman–Crippen MR) is 84.2 cm³/mol. The average molecular weight is 275 g/mol. The number of fused-ring (bicyclic) bond motifs is 2. The van der Waals surface area contributed by atoms with Gasteiger partial charge < -0.3 is 5.11 Å². The number of aliphatic hydroxyl groups is 1. The maximum absolute atomic E-state index is 10.6. The average Bonchev–Trinajstić information content (AvgIpc) is 2.52. The van der Waals surface area contributed by atoms with Gasteiger partial charge in [0.25, 0.3) is 0 Å². The molecule has 0 amide bonds. The minimum atomic E-state index is -0.505. The number of benzene rings is 2. The molecule has 2 atom stereocenters. The second-order valence-corrected chi connectivity index (χ2v) is 5.77. The quantitative estimate of drug-likeness (QED) is 0.783. The van der Waals surface area contributed by atoms with Gasteiger partial charge in [-0.05, 0) is 41.3 Å². The molecule has 1 heterocycles. The highest BCUT2D eigenvalue weighted by molar-refractivity contribution is 5.84. The number of aliphatic hydroxyl groups excluding tert-OH is 1. The van der Waals surface area contributed by atoms with Gasteiger partial charge in [0.2, 0.25) is 0 Å². The van der Waals surface area contributed by atoms with E-state index < -0.39 is 6.10 Å². The molecule has 2 unspecified atom stereocenters. The maximum Gasteiger partial charge on any atom is 0.0972 e. The van der Waals surface area contributed by atoms with Crippen molar-refractivity contribution >= 4 is 10.8 Å². The lowest BCUT2D eigenvalue weighted by Crippen LogP contribution is -2.19. The van der Waals surface area contributed by atoms with Crippen LogP contribution in [0, 0.1) is 0 Å². The maximum atomic E-state index is 10.6. The molecule has 0 radical (unpaired) electrons. The van der Waals surface area contributed by atoms with E-state index in [4.69, 9.17) is 0 Å². The Bertz CT molecular complexity index is 791. The monoisotopic (exact) mass is 275 g/mol. The fourth-order valence-corrected chi connectivity index (χ4v) is 3.36. The Morgan fingerprint density at radius 1 is 1.05 bits per heavy atom. The van der Waals surface area contributed by atoms with Crippen LogP contribution >= 0.6 is 0 Å². The van der Waals surface area contributed by atoms with Crippen LogP contribution in [0.15, 0.2) is 60.8 Å². The Morgan fingerprint density at radius 2 is 1.86 bits per heavy atom. The van der Waals surface area contributed by atoms with Crippen LogP contribution in [0.1, 0.15) is 35.3 Å². The third-order valence-electron chi connectivity index (χ3n) is 4.49. The summed E-state index contributed by atoms with van der Waals surface area (Å²) in [6, 6.07) is 18.6. The molecular weight excluding hydrogens is 258 g/mol. The lowest BCUT2D eigenvalue weighted by molar-refractivity contribution is 0.151. The summed E-state index contributed by atoms with van der Waals surface area (Å²) in [6.45, 7) is 0. The van der Waals surface area contributed by atoms with Crippen LogP contribution in [0.4, 0.5) is 0 Å². The molecular formula is C19H17NO. The number of rotatable bonds is 3. The van der Waals surface area contributed by atoms with Crippen LogP contribution < -0.4 is 0 Å². The first-order valence-electron chi connectivity index (χ1n) is 7.42. The first-order chi connectivity index (χ1) is 10.3. The van der Waals surface area contributed by atoms with E-state index in [0.717, 1.165) is 29.3 Å². The zero-order valence-corrected chi connectivity index (χ0v) is 11.7. The standard InChI is InChI=1S/C19H17NO/c21-18(12-15-11-14-6-2-3-7-16(14)15)19-17-8-4-1-5-13(17)9-10-20-19/h1-10,15,18,21H,11-12H2. The van der Waals surface area contributed by atoms with E-state index in [1.54, 1.807) is 6.20 Å². The predicted octanol–water partition coefficient (Wildman–Crippen LogP) is 4.00. The summed E-state index contributed by atoms with van der Waals surface area (Å²) in [4.78, 5) is 4.42. The minimum Gasteiger partial charge on any atom is -0.387 e. The van der Waals surface area contributed by atoms with E-state index in [9.17, 15) is 5.11 Å². The fourth-order valence-electron chi connectivity index (χ4n) is 3.36. The summed E-state index contributed by atoms with van der Waals surface area (Å²) >= 11 is 0. The highest BCUT2D eigenvalue weighted by Gasteiger charge is 2.28. The van der Waals surface area contributed by atoms with Gasteiger partial charge in [0.1, 0.15) is 0 Å². The van der Waals surface area contributed by atoms with E-state index in [2.05, 4.69) is 35.3 Å². The Hall–Kier alpha value is -2.19. The van der Waals surface area contributed by atoms with Crippen molar-refractivity contribution in [3.63, 3.8) is 0 Å². The molecule has 2 aromatic carbocycles. The van der Waals surface area contributed by atoms with Crippen molar-refractivity contribution in [2.75, 3.05) is 0 Å². The van der Waals surface area contributed by atoms with Crippen molar-refractivity contribution in [1.82, 2.24) is 4.98 Å². The molecule has 0 fully saturated rings. The second kappa shape index (κ2) is 4.97. The smallest absolute Gasteiger partial charge is 0.0972 e. The van der Waals surface area contributed by atoms with Crippen LogP contribution in [0.25, 0.3) is 10.8 Å². The van der Waals surface area contributed by atoms with Crippen molar-refractivity contribution in [3.8, 4) is 0 Å². The van der Waals surface area contributed by atoms with E-state index in [0.29, 0.717) is 5.92 Å². The van der Waals surface area contributed by atoms with Crippen LogP contribution in [-0.2, 0) is 6.42 Å². The number of pyridine rings is 1. The Balaban J connectivity index is 1.62. The summed E-state index contributed by atoms with van der Waals surface area (Å²) in [6.07, 6.45) is 3.10. The molecule has 1 aromatic heterocycles. The molecule has 0 saturated carbocycles. The topological polar surface area (TPSA) is 33.1 Å². The number of hydrogen-bond acceptors (Lipinski definition) is 2. The summed E-state index contributed by atoms with van der Waals surface area (Å²) in [7, 11) is 0. The molecule has 2 nitrogen and oxygen atoms in total. The van der Waals surface area contributed by atoms with Gasteiger partial charge >= 0.3 is 0 Å². The zero-order chi connectivity index (χ0) is 14.2. The van der Waals surface area contributed by atoms with Crippen LogP contribution in [0.5, 0.6) is 0 Å². The molecule has 0 aliphatic heterocycles. The Morgan fingerprint density at radius 3 is 2.76 bits per heavy atom. The molecule has 0 spiro atoms.